The van der Waals surface area contributed by atoms with Gasteiger partial charge in [-0.25, -0.2) is 5.43 Å². The van der Waals surface area contributed by atoms with Crippen LogP contribution in [0.4, 0.5) is 0 Å². The molecule has 0 bridgehead atoms. The second kappa shape index (κ2) is 8.89. The predicted molar refractivity (Wildman–Crippen MR) is 111 cm³/mol. The topological polar surface area (TPSA) is 50.7 Å². The number of hydrazone groups is 1. The molecule has 0 saturated heterocycles. The third kappa shape index (κ3) is 5.73. The third-order valence-corrected chi connectivity index (χ3v) is 4.82. The van der Waals surface area contributed by atoms with Crippen LogP contribution in [0.1, 0.15) is 31.9 Å². The summed E-state index contributed by atoms with van der Waals surface area (Å²) in [7, 11) is 0. The summed E-state index contributed by atoms with van der Waals surface area (Å²) in [5.74, 6) is 0.197. The molecule has 4 nitrogen and oxygen atoms in total. The Bertz CT molecular complexity index is 813. The Balaban J connectivity index is 1.92. The first-order valence-corrected chi connectivity index (χ1v) is 9.42. The number of amides is 1. The SMILES string of the molecule is CC(C)(C)c1ccc(OCC(=O)N/N=C\c2c(Cl)cccc2Cl)c(Br)c1. The maximum absolute atomic E-state index is 11.9. The second-order valence-electron chi connectivity index (χ2n) is 6.61. The van der Waals surface area contributed by atoms with E-state index in [-0.39, 0.29) is 12.0 Å². The largest absolute Gasteiger partial charge is 0.483 e. The van der Waals surface area contributed by atoms with Gasteiger partial charge < -0.3 is 4.74 Å². The van der Waals surface area contributed by atoms with Gasteiger partial charge >= 0.3 is 0 Å². The van der Waals surface area contributed by atoms with Gasteiger partial charge in [-0.2, -0.15) is 5.10 Å². The molecule has 0 heterocycles. The maximum Gasteiger partial charge on any atom is 0.277 e. The Hall–Kier alpha value is -1.56. The van der Waals surface area contributed by atoms with Crippen molar-refractivity contribution < 1.29 is 9.53 Å². The number of rotatable bonds is 5. The minimum absolute atomic E-state index is 0.0348. The minimum atomic E-state index is -0.392. The molecule has 0 aromatic heterocycles. The van der Waals surface area contributed by atoms with E-state index in [1.165, 1.54) is 11.8 Å². The van der Waals surface area contributed by atoms with Crippen molar-refractivity contribution in [1.29, 1.82) is 0 Å². The first-order chi connectivity index (χ1) is 12.2. The number of benzene rings is 2. The first-order valence-electron chi connectivity index (χ1n) is 7.87. The lowest BCUT2D eigenvalue weighted by Crippen LogP contribution is -2.24. The van der Waals surface area contributed by atoms with E-state index in [0.29, 0.717) is 21.4 Å². The van der Waals surface area contributed by atoms with Gasteiger partial charge in [-0.3, -0.25) is 4.79 Å². The van der Waals surface area contributed by atoms with E-state index >= 15 is 0 Å². The number of carbonyl (C=O) groups is 1. The molecule has 26 heavy (non-hydrogen) atoms. The number of nitrogens with zero attached hydrogens (tertiary/aromatic N) is 1. The molecule has 1 amide bonds. The standard InChI is InChI=1S/C19H19BrCl2N2O2/c1-19(2,3)12-7-8-17(14(20)9-12)26-11-18(25)24-23-10-13-15(21)5-4-6-16(13)22/h4-10H,11H2,1-3H3,(H,24,25)/b23-10-. The molecule has 2 rings (SSSR count). The summed E-state index contributed by atoms with van der Waals surface area (Å²) in [4.78, 5) is 11.9. The monoisotopic (exact) mass is 456 g/mol. The Morgan fingerprint density at radius 1 is 1.23 bits per heavy atom. The van der Waals surface area contributed by atoms with Gasteiger partial charge in [-0.1, -0.05) is 56.1 Å². The zero-order valence-electron chi connectivity index (χ0n) is 14.6. The molecule has 0 spiro atoms. The molecule has 7 heteroatoms. The van der Waals surface area contributed by atoms with Gasteiger partial charge in [-0.05, 0) is 51.2 Å². The third-order valence-electron chi connectivity index (χ3n) is 3.54. The zero-order chi connectivity index (χ0) is 19.3. The van der Waals surface area contributed by atoms with Crippen LogP contribution < -0.4 is 10.2 Å². The summed E-state index contributed by atoms with van der Waals surface area (Å²) in [6.45, 7) is 6.23. The maximum atomic E-state index is 11.9. The average Bonchev–Trinajstić information content (AvgIpc) is 2.55. The number of ether oxygens (including phenoxy) is 1. The van der Waals surface area contributed by atoms with Gasteiger partial charge in [0.1, 0.15) is 5.75 Å². The zero-order valence-corrected chi connectivity index (χ0v) is 17.7. The van der Waals surface area contributed by atoms with Crippen LogP contribution in [-0.4, -0.2) is 18.7 Å². The second-order valence-corrected chi connectivity index (χ2v) is 8.28. The van der Waals surface area contributed by atoms with Crippen molar-refractivity contribution in [2.45, 2.75) is 26.2 Å². The van der Waals surface area contributed by atoms with E-state index in [1.54, 1.807) is 18.2 Å². The number of nitrogens with one attached hydrogen (secondary N) is 1. The van der Waals surface area contributed by atoms with Gasteiger partial charge in [-0.15, -0.1) is 0 Å². The van der Waals surface area contributed by atoms with Crippen LogP contribution in [0.5, 0.6) is 5.75 Å². The highest BCUT2D eigenvalue weighted by molar-refractivity contribution is 9.10. The number of hydrogen-bond acceptors (Lipinski definition) is 3. The van der Waals surface area contributed by atoms with Gasteiger partial charge in [0.2, 0.25) is 0 Å². The van der Waals surface area contributed by atoms with Crippen LogP contribution in [-0.2, 0) is 10.2 Å². The van der Waals surface area contributed by atoms with Crippen molar-refractivity contribution in [1.82, 2.24) is 5.43 Å². The highest BCUT2D eigenvalue weighted by Crippen LogP contribution is 2.31. The smallest absolute Gasteiger partial charge is 0.277 e. The number of halogens is 3. The minimum Gasteiger partial charge on any atom is -0.483 e. The van der Waals surface area contributed by atoms with Crippen molar-refractivity contribution in [2.75, 3.05) is 6.61 Å². The first kappa shape index (κ1) is 20.7. The van der Waals surface area contributed by atoms with Crippen LogP contribution >= 0.6 is 39.1 Å². The molecule has 0 aliphatic heterocycles. The van der Waals surface area contributed by atoms with Crippen molar-refractivity contribution in [3.63, 3.8) is 0 Å². The Morgan fingerprint density at radius 3 is 2.46 bits per heavy atom. The lowest BCUT2D eigenvalue weighted by molar-refractivity contribution is -0.123. The molecule has 0 fully saturated rings. The molecule has 2 aromatic carbocycles. The number of hydrogen-bond donors (Lipinski definition) is 1. The summed E-state index contributed by atoms with van der Waals surface area (Å²) in [5.41, 5.74) is 4.13. The molecule has 0 unspecified atom stereocenters. The normalized spacial score (nSPS) is 11.6. The van der Waals surface area contributed by atoms with Crippen LogP contribution in [0.2, 0.25) is 10.0 Å². The molecular weight excluding hydrogens is 439 g/mol. The van der Waals surface area contributed by atoms with Gasteiger partial charge in [0.25, 0.3) is 5.91 Å². The molecule has 0 aliphatic carbocycles. The molecule has 138 valence electrons. The fourth-order valence-electron chi connectivity index (χ4n) is 2.06. The van der Waals surface area contributed by atoms with Crippen LogP contribution in [0.3, 0.4) is 0 Å². The van der Waals surface area contributed by atoms with Crippen molar-refractivity contribution in [2.24, 2.45) is 5.10 Å². The molecular formula is C19H19BrCl2N2O2. The Labute approximate surface area is 171 Å². The molecule has 0 aliphatic rings. The molecule has 2 aromatic rings. The van der Waals surface area contributed by atoms with Crippen LogP contribution in [0, 0.1) is 0 Å². The van der Waals surface area contributed by atoms with E-state index in [0.717, 1.165) is 4.47 Å². The Morgan fingerprint density at radius 2 is 1.88 bits per heavy atom. The molecule has 0 radical (unpaired) electrons. The fraction of sp³-hybridized carbons (Fsp3) is 0.263. The molecule has 0 atom stereocenters. The fourth-order valence-corrected chi connectivity index (χ4v) is 3.05. The molecule has 1 N–H and O–H groups in total. The predicted octanol–water partition coefficient (Wildman–Crippen LogP) is 5.58. The number of carbonyl (C=O) groups excluding carboxylic acids is 1. The van der Waals surface area contributed by atoms with Crippen LogP contribution in [0.25, 0.3) is 0 Å². The lowest BCUT2D eigenvalue weighted by atomic mass is 9.87. The lowest BCUT2D eigenvalue weighted by Gasteiger charge is -2.20. The van der Waals surface area contributed by atoms with Crippen molar-refractivity contribution in [3.8, 4) is 5.75 Å². The van der Waals surface area contributed by atoms with Gasteiger partial charge in [0, 0.05) is 5.56 Å². The van der Waals surface area contributed by atoms with E-state index in [1.807, 2.05) is 18.2 Å². The van der Waals surface area contributed by atoms with Crippen molar-refractivity contribution in [3.05, 3.63) is 62.0 Å². The summed E-state index contributed by atoms with van der Waals surface area (Å²) >= 11 is 15.5. The van der Waals surface area contributed by atoms with Gasteiger partial charge in [0.15, 0.2) is 6.61 Å². The highest BCUT2D eigenvalue weighted by Gasteiger charge is 2.15. The quantitative estimate of drug-likeness (QED) is 0.470. The highest BCUT2D eigenvalue weighted by atomic mass is 79.9. The van der Waals surface area contributed by atoms with E-state index < -0.39 is 5.91 Å². The van der Waals surface area contributed by atoms with E-state index in [4.69, 9.17) is 27.9 Å². The summed E-state index contributed by atoms with van der Waals surface area (Å²) in [6.07, 6.45) is 1.40. The molecule has 0 saturated carbocycles. The Kier molecular flexibility index (Phi) is 7.09. The van der Waals surface area contributed by atoms with Crippen molar-refractivity contribution >= 4 is 51.3 Å². The van der Waals surface area contributed by atoms with E-state index in [9.17, 15) is 4.79 Å². The summed E-state index contributed by atoms with van der Waals surface area (Å²) < 4.78 is 6.33. The van der Waals surface area contributed by atoms with E-state index in [2.05, 4.69) is 47.2 Å². The average molecular weight is 458 g/mol. The van der Waals surface area contributed by atoms with Gasteiger partial charge in [0.05, 0.1) is 20.7 Å². The summed E-state index contributed by atoms with van der Waals surface area (Å²) in [5, 5.41) is 4.77. The van der Waals surface area contributed by atoms with Crippen LogP contribution in [0.15, 0.2) is 46.0 Å². The summed E-state index contributed by atoms with van der Waals surface area (Å²) in [6, 6.07) is 10.9.